The van der Waals surface area contributed by atoms with Crippen LogP contribution in [0.15, 0.2) is 48.7 Å². The van der Waals surface area contributed by atoms with Gasteiger partial charge in [0.05, 0.1) is 11.4 Å². The lowest BCUT2D eigenvalue weighted by atomic mass is 10.1. The minimum Gasteiger partial charge on any atom is -0.310 e. The first kappa shape index (κ1) is 14.4. The van der Waals surface area contributed by atoms with Crippen molar-refractivity contribution in [3.05, 3.63) is 48.7 Å². The molecule has 4 rings (SSSR count). The number of hydrogen-bond donors (Lipinski definition) is 2. The Labute approximate surface area is 137 Å². The summed E-state index contributed by atoms with van der Waals surface area (Å²) in [6, 6.07) is 12.9. The number of hydrogen-bond acceptors (Lipinski definition) is 4. The van der Waals surface area contributed by atoms with Crippen LogP contribution in [0.1, 0.15) is 6.42 Å². The average molecular weight is 321 g/mol. The molecule has 0 spiro atoms. The molecule has 0 unspecified atom stereocenters. The maximum absolute atomic E-state index is 12.4. The van der Waals surface area contributed by atoms with Crippen molar-refractivity contribution in [1.29, 1.82) is 0 Å². The first-order valence-electron chi connectivity index (χ1n) is 7.68. The fourth-order valence-electron chi connectivity index (χ4n) is 2.91. The number of anilines is 2. The van der Waals surface area contributed by atoms with Gasteiger partial charge in [-0.05, 0) is 24.3 Å². The molecule has 1 fully saturated rings. The molecule has 1 aliphatic heterocycles. The normalized spacial score (nSPS) is 17.4. The molecule has 24 heavy (non-hydrogen) atoms. The SMILES string of the molecule is O=C(Nc1ccccn1)[C@@H]1CC(=O)N(c2n[nH]c3ccccc23)C1. The van der Waals surface area contributed by atoms with E-state index in [4.69, 9.17) is 0 Å². The van der Waals surface area contributed by atoms with Gasteiger partial charge in [-0.1, -0.05) is 18.2 Å². The quantitative estimate of drug-likeness (QED) is 0.771. The van der Waals surface area contributed by atoms with Crippen LogP contribution in [0.4, 0.5) is 11.6 Å². The topological polar surface area (TPSA) is 91.0 Å². The van der Waals surface area contributed by atoms with Crippen molar-refractivity contribution < 1.29 is 9.59 Å². The summed E-state index contributed by atoms with van der Waals surface area (Å²) in [7, 11) is 0. The molecular weight excluding hydrogens is 306 g/mol. The van der Waals surface area contributed by atoms with Crippen LogP contribution >= 0.6 is 0 Å². The van der Waals surface area contributed by atoms with Gasteiger partial charge in [0.15, 0.2) is 5.82 Å². The van der Waals surface area contributed by atoms with E-state index >= 15 is 0 Å². The van der Waals surface area contributed by atoms with Crippen LogP contribution in [0.5, 0.6) is 0 Å². The molecule has 1 saturated heterocycles. The molecule has 7 nitrogen and oxygen atoms in total. The van der Waals surface area contributed by atoms with Gasteiger partial charge in [-0.2, -0.15) is 5.10 Å². The molecule has 3 aromatic rings. The molecule has 2 amide bonds. The third-order valence-corrected chi connectivity index (χ3v) is 4.12. The predicted molar refractivity (Wildman–Crippen MR) is 89.4 cm³/mol. The van der Waals surface area contributed by atoms with E-state index in [1.807, 2.05) is 24.3 Å². The Hall–Kier alpha value is -3.22. The monoisotopic (exact) mass is 321 g/mol. The zero-order chi connectivity index (χ0) is 16.5. The molecule has 3 heterocycles. The highest BCUT2D eigenvalue weighted by molar-refractivity contribution is 6.06. The molecule has 0 bridgehead atoms. The van der Waals surface area contributed by atoms with Gasteiger partial charge < -0.3 is 5.32 Å². The number of nitrogens with one attached hydrogen (secondary N) is 2. The van der Waals surface area contributed by atoms with Crippen molar-refractivity contribution in [2.24, 2.45) is 5.92 Å². The third kappa shape index (κ3) is 2.50. The summed E-state index contributed by atoms with van der Waals surface area (Å²) in [6.07, 6.45) is 1.78. The van der Waals surface area contributed by atoms with Crippen LogP contribution in [0, 0.1) is 5.92 Å². The number of H-pyrrole nitrogens is 1. The minimum absolute atomic E-state index is 0.103. The molecule has 0 aliphatic carbocycles. The van der Waals surface area contributed by atoms with Gasteiger partial charge >= 0.3 is 0 Å². The molecule has 7 heteroatoms. The standard InChI is InChI=1S/C17H15N5O2/c23-15-9-11(17(24)19-14-7-3-4-8-18-14)10-22(15)16-12-5-1-2-6-13(12)20-21-16/h1-8,11H,9-10H2,(H,20,21)(H,18,19,24)/t11-/m1/s1. The van der Waals surface area contributed by atoms with E-state index in [0.29, 0.717) is 18.2 Å². The van der Waals surface area contributed by atoms with Gasteiger partial charge in [-0.3, -0.25) is 19.6 Å². The highest BCUT2D eigenvalue weighted by atomic mass is 16.2. The highest BCUT2D eigenvalue weighted by Crippen LogP contribution is 2.29. The number of amides is 2. The van der Waals surface area contributed by atoms with Crippen molar-refractivity contribution >= 4 is 34.4 Å². The van der Waals surface area contributed by atoms with Gasteiger partial charge in [-0.15, -0.1) is 0 Å². The van der Waals surface area contributed by atoms with E-state index in [-0.39, 0.29) is 18.2 Å². The number of nitrogens with zero attached hydrogens (tertiary/aromatic N) is 3. The molecule has 0 saturated carbocycles. The van der Waals surface area contributed by atoms with Crippen LogP contribution < -0.4 is 10.2 Å². The molecule has 0 radical (unpaired) electrons. The summed E-state index contributed by atoms with van der Waals surface area (Å²) in [5.74, 6) is 0.329. The number of para-hydroxylation sites is 1. The maximum atomic E-state index is 12.4. The Morgan fingerprint density at radius 2 is 2.04 bits per heavy atom. The number of benzene rings is 1. The lowest BCUT2D eigenvalue weighted by Gasteiger charge is -2.14. The lowest BCUT2D eigenvalue weighted by molar-refractivity contribution is -0.122. The van der Waals surface area contributed by atoms with Gasteiger partial charge in [0.25, 0.3) is 0 Å². The van der Waals surface area contributed by atoms with Crippen LogP contribution in [0.25, 0.3) is 10.9 Å². The zero-order valence-electron chi connectivity index (χ0n) is 12.8. The second kappa shape index (κ2) is 5.77. The number of aromatic nitrogens is 3. The Balaban J connectivity index is 1.54. The van der Waals surface area contributed by atoms with Crippen molar-refractivity contribution in [1.82, 2.24) is 15.2 Å². The number of carbonyl (C=O) groups is 2. The molecule has 1 aromatic carbocycles. The van der Waals surface area contributed by atoms with Gasteiger partial charge in [0, 0.05) is 24.5 Å². The van der Waals surface area contributed by atoms with E-state index in [2.05, 4.69) is 20.5 Å². The van der Waals surface area contributed by atoms with Crippen molar-refractivity contribution in [2.75, 3.05) is 16.8 Å². The summed E-state index contributed by atoms with van der Waals surface area (Å²) in [5.41, 5.74) is 0.863. The van der Waals surface area contributed by atoms with Gasteiger partial charge in [-0.25, -0.2) is 4.98 Å². The fraction of sp³-hybridized carbons (Fsp3) is 0.176. The Morgan fingerprint density at radius 3 is 2.88 bits per heavy atom. The predicted octanol–water partition coefficient (Wildman–Crippen LogP) is 1.95. The minimum atomic E-state index is -0.421. The third-order valence-electron chi connectivity index (χ3n) is 4.12. The molecular formula is C17H15N5O2. The van der Waals surface area contributed by atoms with Crippen LogP contribution in [0.2, 0.25) is 0 Å². The summed E-state index contributed by atoms with van der Waals surface area (Å²) in [5, 5.41) is 10.8. The van der Waals surface area contributed by atoms with Crippen LogP contribution in [-0.4, -0.2) is 33.5 Å². The van der Waals surface area contributed by atoms with Crippen molar-refractivity contribution in [3.63, 3.8) is 0 Å². The first-order chi connectivity index (χ1) is 11.7. The second-order valence-corrected chi connectivity index (χ2v) is 5.70. The van der Waals surface area contributed by atoms with E-state index in [9.17, 15) is 9.59 Å². The van der Waals surface area contributed by atoms with Gasteiger partial charge in [0.1, 0.15) is 5.82 Å². The summed E-state index contributed by atoms with van der Waals surface area (Å²) < 4.78 is 0. The van der Waals surface area contributed by atoms with Crippen molar-refractivity contribution in [3.8, 4) is 0 Å². The summed E-state index contributed by atoms with van der Waals surface area (Å²) in [4.78, 5) is 30.4. The molecule has 2 aromatic heterocycles. The number of rotatable bonds is 3. The van der Waals surface area contributed by atoms with E-state index in [1.165, 1.54) is 0 Å². The lowest BCUT2D eigenvalue weighted by Crippen LogP contribution is -2.28. The second-order valence-electron chi connectivity index (χ2n) is 5.70. The summed E-state index contributed by atoms with van der Waals surface area (Å²) in [6.45, 7) is 0.312. The Morgan fingerprint density at radius 1 is 1.21 bits per heavy atom. The first-order valence-corrected chi connectivity index (χ1v) is 7.68. The molecule has 1 atom stereocenters. The number of aromatic amines is 1. The summed E-state index contributed by atoms with van der Waals surface area (Å²) >= 11 is 0. The van der Waals surface area contributed by atoms with E-state index in [1.54, 1.807) is 29.3 Å². The number of pyridine rings is 1. The number of fused-ring (bicyclic) bond motifs is 1. The smallest absolute Gasteiger partial charge is 0.230 e. The van der Waals surface area contributed by atoms with Crippen molar-refractivity contribution in [2.45, 2.75) is 6.42 Å². The maximum Gasteiger partial charge on any atom is 0.230 e. The van der Waals surface area contributed by atoms with E-state index < -0.39 is 5.92 Å². The Kier molecular flexibility index (Phi) is 3.45. The van der Waals surface area contributed by atoms with Crippen LogP contribution in [-0.2, 0) is 9.59 Å². The molecule has 120 valence electrons. The zero-order valence-corrected chi connectivity index (χ0v) is 12.8. The highest BCUT2D eigenvalue weighted by Gasteiger charge is 2.36. The average Bonchev–Trinajstić information content (AvgIpc) is 3.19. The largest absolute Gasteiger partial charge is 0.310 e. The van der Waals surface area contributed by atoms with Crippen LogP contribution in [0.3, 0.4) is 0 Å². The van der Waals surface area contributed by atoms with E-state index in [0.717, 1.165) is 10.9 Å². The number of carbonyl (C=O) groups excluding carboxylic acids is 2. The Bertz CT molecular complexity index is 905. The fourth-order valence-corrected chi connectivity index (χ4v) is 2.91. The van der Waals surface area contributed by atoms with Gasteiger partial charge in [0.2, 0.25) is 11.8 Å². The molecule has 2 N–H and O–H groups in total. The molecule has 1 aliphatic rings.